The van der Waals surface area contributed by atoms with Gasteiger partial charge in [-0.25, -0.2) is 0 Å². The van der Waals surface area contributed by atoms with Gasteiger partial charge in [0, 0.05) is 18.8 Å². The van der Waals surface area contributed by atoms with Crippen molar-refractivity contribution in [2.45, 2.75) is 83.6 Å². The normalized spacial score (nSPS) is 53.4. The number of alkyl halides is 1. The lowest BCUT2D eigenvalue weighted by Gasteiger charge is -2.62. The summed E-state index contributed by atoms with van der Waals surface area (Å²) >= 11 is 3.73. The van der Waals surface area contributed by atoms with Crippen LogP contribution in [-0.2, 0) is 14.3 Å². The molecule has 0 radical (unpaired) electrons. The van der Waals surface area contributed by atoms with E-state index in [4.69, 9.17) is 4.74 Å². The molecule has 0 aromatic rings. The maximum Gasteiger partial charge on any atom is 0.302 e. The highest BCUT2D eigenvalue weighted by Crippen LogP contribution is 2.67. The first kappa shape index (κ1) is 19.0. The summed E-state index contributed by atoms with van der Waals surface area (Å²) in [5, 5.41) is 0. The van der Waals surface area contributed by atoms with Crippen molar-refractivity contribution in [3.8, 4) is 0 Å². The Hall–Kier alpha value is -0.380. The lowest BCUT2D eigenvalue weighted by Crippen LogP contribution is -2.59. The molecule has 4 fully saturated rings. The molecule has 0 bridgehead atoms. The van der Waals surface area contributed by atoms with Crippen molar-refractivity contribution >= 4 is 27.7 Å². The number of Topliss-reactive ketones (excluding diaryl/α,β-unsaturated/α-hetero) is 1. The molecule has 9 atom stereocenters. The quantitative estimate of drug-likeness (QED) is 0.431. The van der Waals surface area contributed by atoms with E-state index in [-0.39, 0.29) is 27.7 Å². The Morgan fingerprint density at radius 1 is 1.12 bits per heavy atom. The van der Waals surface area contributed by atoms with E-state index < -0.39 is 0 Å². The average Bonchev–Trinajstić information content (AvgIpc) is 2.91. The highest BCUT2D eigenvalue weighted by atomic mass is 79.9. The lowest BCUT2D eigenvalue weighted by molar-refractivity contribution is -0.166. The van der Waals surface area contributed by atoms with Gasteiger partial charge < -0.3 is 4.74 Å². The van der Waals surface area contributed by atoms with Crippen LogP contribution in [0.3, 0.4) is 0 Å². The Kier molecular flexibility index (Phi) is 4.61. The summed E-state index contributed by atoms with van der Waals surface area (Å²) in [6.07, 6.45) is 7.92. The van der Waals surface area contributed by atoms with Crippen LogP contribution >= 0.6 is 15.9 Å². The third-order valence-corrected chi connectivity index (χ3v) is 10.7. The predicted molar refractivity (Wildman–Crippen MR) is 105 cm³/mol. The summed E-state index contributed by atoms with van der Waals surface area (Å²) in [5.74, 6) is 3.34. The number of fused-ring (bicyclic) bond motifs is 5. The van der Waals surface area contributed by atoms with Crippen molar-refractivity contribution in [2.24, 2.45) is 40.4 Å². The van der Waals surface area contributed by atoms with E-state index in [1.54, 1.807) is 6.92 Å². The molecule has 146 valence electrons. The van der Waals surface area contributed by atoms with Crippen molar-refractivity contribution in [1.29, 1.82) is 0 Å². The smallest absolute Gasteiger partial charge is 0.302 e. The number of hydrogen-bond acceptors (Lipinski definition) is 3. The summed E-state index contributed by atoms with van der Waals surface area (Å²) in [6, 6.07) is 0. The van der Waals surface area contributed by atoms with Gasteiger partial charge in [-0.05, 0) is 73.5 Å². The first-order valence-electron chi connectivity index (χ1n) is 10.5. The third kappa shape index (κ3) is 2.49. The van der Waals surface area contributed by atoms with Crippen molar-refractivity contribution in [3.05, 3.63) is 0 Å². The van der Waals surface area contributed by atoms with Crippen molar-refractivity contribution < 1.29 is 14.3 Å². The van der Waals surface area contributed by atoms with Gasteiger partial charge in [0.2, 0.25) is 0 Å². The SMILES string of the molecule is CC(=O)O[C@H]1CC[C@H]2[C@@H]3CC[C@H]4CC(=O)[C@H](Br)[C@H](C)[C@]4(C)[C@H]3CC[C@]12C. The molecular weight excluding hydrogens is 392 g/mol. The molecule has 26 heavy (non-hydrogen) atoms. The number of ketones is 1. The molecule has 0 aromatic carbocycles. The van der Waals surface area contributed by atoms with Crippen LogP contribution in [-0.4, -0.2) is 22.7 Å². The highest BCUT2D eigenvalue weighted by Gasteiger charge is 2.63. The Morgan fingerprint density at radius 2 is 1.85 bits per heavy atom. The Balaban J connectivity index is 1.63. The minimum absolute atomic E-state index is 0.0215. The maximum atomic E-state index is 12.4. The van der Waals surface area contributed by atoms with Crippen molar-refractivity contribution in [3.63, 3.8) is 0 Å². The molecule has 0 aliphatic heterocycles. The molecule has 4 aliphatic rings. The van der Waals surface area contributed by atoms with Gasteiger partial charge >= 0.3 is 5.97 Å². The molecule has 0 unspecified atom stereocenters. The molecule has 4 aliphatic carbocycles. The standard InChI is InChI=1S/C22H33BrO3/c1-12-20(23)18(25)11-14-5-6-15-16-7-8-19(26-13(2)24)21(16,3)10-9-17(15)22(12,14)4/h12,14-17,19-20H,5-11H2,1-4H3/t12-,14-,15-,16-,17-,19-,20+,21-,22-/m0/s1. The lowest BCUT2D eigenvalue weighted by atomic mass is 9.43. The zero-order valence-corrected chi connectivity index (χ0v) is 18.2. The molecule has 0 spiro atoms. The number of rotatable bonds is 1. The molecule has 0 aromatic heterocycles. The summed E-state index contributed by atoms with van der Waals surface area (Å²) in [4.78, 5) is 24.1. The van der Waals surface area contributed by atoms with Crippen molar-refractivity contribution in [2.75, 3.05) is 0 Å². The fourth-order valence-electron chi connectivity index (χ4n) is 7.80. The van der Waals surface area contributed by atoms with Gasteiger partial charge in [0.25, 0.3) is 0 Å². The van der Waals surface area contributed by atoms with Gasteiger partial charge in [0.15, 0.2) is 0 Å². The Morgan fingerprint density at radius 3 is 2.54 bits per heavy atom. The molecule has 0 heterocycles. The monoisotopic (exact) mass is 424 g/mol. The maximum absolute atomic E-state index is 12.4. The first-order valence-corrected chi connectivity index (χ1v) is 11.4. The minimum Gasteiger partial charge on any atom is -0.462 e. The Bertz CT molecular complexity index is 615. The van der Waals surface area contributed by atoms with E-state index in [9.17, 15) is 9.59 Å². The van der Waals surface area contributed by atoms with Gasteiger partial charge in [-0.2, -0.15) is 0 Å². The molecule has 0 saturated heterocycles. The number of carbonyl (C=O) groups is 2. The molecular formula is C22H33BrO3. The second-order valence-corrected chi connectivity index (χ2v) is 11.1. The van der Waals surface area contributed by atoms with Crippen LogP contribution in [0.2, 0.25) is 0 Å². The van der Waals surface area contributed by atoms with Crippen LogP contribution in [0.1, 0.15) is 72.6 Å². The van der Waals surface area contributed by atoms with Gasteiger partial charge in [-0.1, -0.05) is 36.7 Å². The van der Waals surface area contributed by atoms with E-state index in [1.807, 2.05) is 0 Å². The van der Waals surface area contributed by atoms with Crippen LogP contribution in [0.4, 0.5) is 0 Å². The molecule has 0 N–H and O–H groups in total. The van der Waals surface area contributed by atoms with Gasteiger partial charge in [0.05, 0.1) is 4.83 Å². The molecule has 4 saturated carbocycles. The fourth-order valence-corrected chi connectivity index (χ4v) is 8.55. The van der Waals surface area contributed by atoms with Crippen molar-refractivity contribution in [1.82, 2.24) is 0 Å². The summed E-state index contributed by atoms with van der Waals surface area (Å²) in [7, 11) is 0. The largest absolute Gasteiger partial charge is 0.462 e. The highest BCUT2D eigenvalue weighted by molar-refractivity contribution is 9.10. The second-order valence-electron chi connectivity index (χ2n) is 10.1. The van der Waals surface area contributed by atoms with Crippen LogP contribution < -0.4 is 0 Å². The van der Waals surface area contributed by atoms with Crippen LogP contribution in [0.5, 0.6) is 0 Å². The van der Waals surface area contributed by atoms with Gasteiger partial charge in [-0.15, -0.1) is 0 Å². The first-order chi connectivity index (χ1) is 12.2. The number of ether oxygens (including phenoxy) is 1. The topological polar surface area (TPSA) is 43.4 Å². The van der Waals surface area contributed by atoms with Crippen LogP contribution in [0, 0.1) is 40.4 Å². The van der Waals surface area contributed by atoms with Crippen LogP contribution in [0.15, 0.2) is 0 Å². The average molecular weight is 425 g/mol. The van der Waals surface area contributed by atoms with E-state index in [2.05, 4.69) is 36.7 Å². The van der Waals surface area contributed by atoms with Crippen LogP contribution in [0.25, 0.3) is 0 Å². The predicted octanol–water partition coefficient (Wildman–Crippen LogP) is 5.15. The van der Waals surface area contributed by atoms with E-state index in [0.717, 1.165) is 25.2 Å². The number of hydrogen-bond donors (Lipinski definition) is 0. The third-order valence-electron chi connectivity index (χ3n) is 9.36. The molecule has 4 heteroatoms. The zero-order valence-electron chi connectivity index (χ0n) is 16.6. The molecule has 3 nitrogen and oxygen atoms in total. The molecule has 4 rings (SSSR count). The summed E-state index contributed by atoms with van der Waals surface area (Å²) in [5.41, 5.74) is 0.406. The van der Waals surface area contributed by atoms with E-state index in [0.29, 0.717) is 29.5 Å². The van der Waals surface area contributed by atoms with Gasteiger partial charge in [0.1, 0.15) is 11.9 Å². The summed E-state index contributed by atoms with van der Waals surface area (Å²) in [6.45, 7) is 8.71. The zero-order chi connectivity index (χ0) is 18.9. The fraction of sp³-hybridized carbons (Fsp3) is 0.909. The second kappa shape index (κ2) is 6.32. The van der Waals surface area contributed by atoms with E-state index in [1.165, 1.54) is 25.7 Å². The minimum atomic E-state index is -0.129. The Labute approximate surface area is 166 Å². The molecule has 0 amide bonds. The van der Waals surface area contributed by atoms with E-state index >= 15 is 0 Å². The summed E-state index contributed by atoms with van der Waals surface area (Å²) < 4.78 is 5.76. The number of esters is 1. The van der Waals surface area contributed by atoms with Gasteiger partial charge in [-0.3, -0.25) is 9.59 Å². The number of halogens is 1. The number of carbonyl (C=O) groups excluding carboxylic acids is 2.